The Hall–Kier alpha value is -3.21. The van der Waals surface area contributed by atoms with Crippen LogP contribution in [-0.4, -0.2) is 81.6 Å². The van der Waals surface area contributed by atoms with Gasteiger partial charge in [0, 0.05) is 58.4 Å². The average molecular weight is 563 g/mol. The van der Waals surface area contributed by atoms with Crippen molar-refractivity contribution in [1.29, 1.82) is 0 Å². The molecule has 0 atom stereocenters. The van der Waals surface area contributed by atoms with Crippen molar-refractivity contribution in [3.05, 3.63) is 57.2 Å². The molecule has 0 fully saturated rings. The van der Waals surface area contributed by atoms with Crippen LogP contribution in [0.4, 0.5) is 11.6 Å². The molecule has 0 bridgehead atoms. The van der Waals surface area contributed by atoms with Crippen molar-refractivity contribution < 1.29 is 24.1 Å². The molecular formula is C19H31BrN8O7. The highest BCUT2D eigenvalue weighted by atomic mass is 79.9. The van der Waals surface area contributed by atoms with Gasteiger partial charge in [-0.05, 0) is 14.8 Å². The highest BCUT2D eigenvalue weighted by Crippen LogP contribution is 2.05. The molecule has 1 aliphatic rings. The highest BCUT2D eigenvalue weighted by Gasteiger charge is 2.10. The van der Waals surface area contributed by atoms with E-state index in [0.29, 0.717) is 32.0 Å². The largest absolute Gasteiger partial charge is 0.384 e. The van der Waals surface area contributed by atoms with E-state index in [-0.39, 0.29) is 11.6 Å². The molecule has 16 heteroatoms. The minimum Gasteiger partial charge on any atom is -0.384 e. The molecule has 15 nitrogen and oxygen atoms in total. The Morgan fingerprint density at radius 1 is 0.971 bits per heavy atom. The van der Waals surface area contributed by atoms with Crippen LogP contribution < -0.4 is 5.73 Å². The number of aromatic nitrogens is 4. The maximum atomic E-state index is 10.2. The van der Waals surface area contributed by atoms with Gasteiger partial charge in [-0.25, -0.2) is 4.98 Å². The summed E-state index contributed by atoms with van der Waals surface area (Å²) in [5, 5.41) is 20.9. The number of methoxy groups -OCH3 is 3. The summed E-state index contributed by atoms with van der Waals surface area (Å²) in [6.45, 7) is 3.40. The van der Waals surface area contributed by atoms with Gasteiger partial charge in [-0.3, -0.25) is 0 Å². The molecule has 35 heavy (non-hydrogen) atoms. The number of nitrogens with zero attached hydrogens (tertiary/aromatic N) is 7. The number of nitrogens with two attached hydrogens (primary N) is 1. The van der Waals surface area contributed by atoms with Gasteiger partial charge < -0.3 is 49.3 Å². The second-order valence-corrected chi connectivity index (χ2v) is 7.09. The Balaban J connectivity index is 0.000000459. The number of allylic oxidation sites excluding steroid dienone is 1. The zero-order chi connectivity index (χ0) is 26.5. The quantitative estimate of drug-likeness (QED) is 0.255. The Kier molecular flexibility index (Phi) is 18.3. The van der Waals surface area contributed by atoms with Crippen molar-refractivity contribution in [1.82, 2.24) is 19.1 Å². The molecule has 2 N–H and O–H groups in total. The minimum absolute atomic E-state index is 0.0370. The molecule has 0 spiro atoms. The number of imidazole rings is 2. The first-order valence-electron chi connectivity index (χ1n) is 10.1. The zero-order valence-electron chi connectivity index (χ0n) is 19.9. The van der Waals surface area contributed by atoms with Crippen molar-refractivity contribution in [2.75, 3.05) is 52.2 Å². The molecule has 0 radical (unpaired) electrons. The lowest BCUT2D eigenvalue weighted by atomic mass is 10.5. The van der Waals surface area contributed by atoms with Crippen LogP contribution in [0.25, 0.3) is 0 Å². The molecule has 0 unspecified atom stereocenters. The first kappa shape index (κ1) is 31.8. The fourth-order valence-electron chi connectivity index (χ4n) is 2.01. The molecule has 3 rings (SSSR count). The van der Waals surface area contributed by atoms with E-state index < -0.39 is 9.85 Å². The summed E-state index contributed by atoms with van der Waals surface area (Å²) < 4.78 is 17.8. The third-order valence-electron chi connectivity index (χ3n) is 3.66. The van der Waals surface area contributed by atoms with Gasteiger partial charge >= 0.3 is 11.6 Å². The number of nitrogen functional groups attached to an aromatic ring is 1. The van der Waals surface area contributed by atoms with Gasteiger partial charge in [0.25, 0.3) is 0 Å². The van der Waals surface area contributed by atoms with Gasteiger partial charge in [-0.2, -0.15) is 0 Å². The summed E-state index contributed by atoms with van der Waals surface area (Å²) in [4.78, 5) is 29.9. The lowest BCUT2D eigenvalue weighted by Gasteiger charge is -1.97. The first-order valence-corrected chi connectivity index (χ1v) is 11.2. The third-order valence-corrected chi connectivity index (χ3v) is 3.99. The number of ether oxygens (including phenoxy) is 3. The van der Waals surface area contributed by atoms with E-state index in [1.54, 1.807) is 38.4 Å². The van der Waals surface area contributed by atoms with Crippen LogP contribution in [0.15, 0.2) is 41.9 Å². The molecule has 1 aliphatic heterocycles. The predicted molar refractivity (Wildman–Crippen MR) is 133 cm³/mol. The number of nitro groups is 2. The third kappa shape index (κ3) is 16.1. The molecule has 2 aromatic rings. The number of anilines is 1. The van der Waals surface area contributed by atoms with Gasteiger partial charge in [0.2, 0.25) is 6.33 Å². The van der Waals surface area contributed by atoms with Gasteiger partial charge in [0.15, 0.2) is 0 Å². The second-order valence-electron chi connectivity index (χ2n) is 6.30. The van der Waals surface area contributed by atoms with E-state index in [1.807, 2.05) is 4.57 Å². The van der Waals surface area contributed by atoms with Crippen molar-refractivity contribution in [2.45, 2.75) is 19.5 Å². The normalized spacial score (nSPS) is 11.3. The van der Waals surface area contributed by atoms with Gasteiger partial charge in [-0.1, -0.05) is 20.9 Å². The Morgan fingerprint density at radius 2 is 1.54 bits per heavy atom. The molecule has 0 amide bonds. The van der Waals surface area contributed by atoms with Gasteiger partial charge in [0.05, 0.1) is 26.1 Å². The molecule has 2 aromatic heterocycles. The van der Waals surface area contributed by atoms with E-state index in [1.165, 1.54) is 24.8 Å². The standard InChI is InChI=1S/C6H9N3O3.C6H11N3O.C4H4N2O2.C3H7BrO/c1-12-3-2-8-4-6(7-5-8)9(10)11;1-10-3-2-9-4-6(7)8-5-9;7-6(8)4-2-1-3-5-4;1-5-3-2-4/h4-5H,2-3H2,1H3;4-5H,2-3,7H2,1H3;2-3H,1H2;2-3H2,1H3. The number of alkyl halides is 1. The van der Waals surface area contributed by atoms with Crippen LogP contribution in [0, 0.1) is 20.2 Å². The van der Waals surface area contributed by atoms with Crippen molar-refractivity contribution in [3.63, 3.8) is 0 Å². The topological polar surface area (TPSA) is 188 Å². The van der Waals surface area contributed by atoms with Crippen LogP contribution in [0.5, 0.6) is 0 Å². The van der Waals surface area contributed by atoms with E-state index in [9.17, 15) is 20.2 Å². The van der Waals surface area contributed by atoms with Gasteiger partial charge in [-0.15, -0.1) is 0 Å². The highest BCUT2D eigenvalue weighted by molar-refractivity contribution is 9.09. The number of hydrogen-bond donors (Lipinski definition) is 1. The monoisotopic (exact) mass is 562 g/mol. The van der Waals surface area contributed by atoms with E-state index in [4.69, 9.17) is 15.2 Å². The van der Waals surface area contributed by atoms with Crippen LogP contribution in [0.2, 0.25) is 0 Å². The fourth-order valence-corrected chi connectivity index (χ4v) is 2.34. The van der Waals surface area contributed by atoms with E-state index in [2.05, 4.69) is 35.6 Å². The zero-order valence-corrected chi connectivity index (χ0v) is 21.4. The Bertz CT molecular complexity index is 915. The summed E-state index contributed by atoms with van der Waals surface area (Å²) in [6, 6.07) is 0. The summed E-state index contributed by atoms with van der Waals surface area (Å²) in [7, 11) is 4.92. The minimum atomic E-state index is -0.525. The maximum Gasteiger partial charge on any atom is 0.381 e. The molecule has 0 aromatic carbocycles. The van der Waals surface area contributed by atoms with Crippen LogP contribution in [0.3, 0.4) is 0 Å². The van der Waals surface area contributed by atoms with Crippen molar-refractivity contribution in [3.8, 4) is 0 Å². The van der Waals surface area contributed by atoms with Crippen LogP contribution in [0.1, 0.15) is 6.42 Å². The summed E-state index contributed by atoms with van der Waals surface area (Å²) in [6.07, 6.45) is 9.83. The maximum absolute atomic E-state index is 10.2. The van der Waals surface area contributed by atoms with Crippen molar-refractivity contribution >= 4 is 33.8 Å². The molecule has 0 saturated heterocycles. The number of halogens is 1. The molecule has 0 saturated carbocycles. The molecular weight excluding hydrogens is 532 g/mol. The van der Waals surface area contributed by atoms with E-state index in [0.717, 1.165) is 18.5 Å². The molecule has 3 heterocycles. The SMILES string of the molecule is COCCBr.COCCn1cnc(N)c1.COCCn1cnc([N+](=O)[O-])c1.O=[N+]([O-])C1=CCC=N1. The summed E-state index contributed by atoms with van der Waals surface area (Å²) in [5.41, 5.74) is 5.38. The molecule has 0 aliphatic carbocycles. The number of hydrogen-bond acceptors (Lipinski definition) is 11. The fraction of sp³-hybridized carbons (Fsp3) is 0.526. The predicted octanol–water partition coefficient (Wildman–Crippen LogP) is 2.16. The summed E-state index contributed by atoms with van der Waals surface area (Å²) in [5.74, 6) is 0.382. The molecule has 196 valence electrons. The van der Waals surface area contributed by atoms with Crippen LogP contribution >= 0.6 is 15.9 Å². The summed E-state index contributed by atoms with van der Waals surface area (Å²) >= 11 is 3.18. The number of rotatable bonds is 10. The van der Waals surface area contributed by atoms with Crippen molar-refractivity contribution in [2.24, 2.45) is 4.99 Å². The number of aliphatic imine (C=N–C) groups is 1. The lowest BCUT2D eigenvalue weighted by Crippen LogP contribution is -2.01. The van der Waals surface area contributed by atoms with Gasteiger partial charge in [0.1, 0.15) is 18.2 Å². The lowest BCUT2D eigenvalue weighted by molar-refractivity contribution is -0.425. The first-order chi connectivity index (χ1) is 16.8. The Labute approximate surface area is 211 Å². The average Bonchev–Trinajstić information content (AvgIpc) is 3.60. The van der Waals surface area contributed by atoms with E-state index >= 15 is 0 Å². The van der Waals surface area contributed by atoms with Crippen LogP contribution in [-0.2, 0) is 27.3 Å². The smallest absolute Gasteiger partial charge is 0.381 e. The second kappa shape index (κ2) is 20.2. The Morgan fingerprint density at radius 3 is 1.86 bits per heavy atom.